The van der Waals surface area contributed by atoms with Crippen LogP contribution in [0.2, 0.25) is 0 Å². The van der Waals surface area contributed by atoms with Gasteiger partial charge in [0.2, 0.25) is 11.7 Å². The van der Waals surface area contributed by atoms with Crippen molar-refractivity contribution in [2.75, 3.05) is 13.1 Å². The molecule has 2 aromatic heterocycles. The van der Waals surface area contributed by atoms with E-state index < -0.39 is 11.6 Å². The van der Waals surface area contributed by atoms with Crippen LogP contribution in [0.4, 0.5) is 8.78 Å². The third kappa shape index (κ3) is 3.42. The summed E-state index contributed by atoms with van der Waals surface area (Å²) in [6.45, 7) is 2.62. The molecule has 0 spiro atoms. The number of hydrogen-bond acceptors (Lipinski definition) is 6. The van der Waals surface area contributed by atoms with Crippen LogP contribution in [-0.4, -0.2) is 49.0 Å². The minimum Gasteiger partial charge on any atom is -0.339 e. The minimum atomic E-state index is -1.04. The van der Waals surface area contributed by atoms with E-state index in [1.165, 1.54) is 6.07 Å². The van der Waals surface area contributed by atoms with Crippen LogP contribution in [0.1, 0.15) is 35.1 Å². The van der Waals surface area contributed by atoms with Crippen molar-refractivity contribution < 1.29 is 18.1 Å². The Hall–Kier alpha value is -3.17. The second-order valence-corrected chi connectivity index (χ2v) is 6.40. The Morgan fingerprint density at radius 1 is 1.30 bits per heavy atom. The molecule has 4 rings (SSSR count). The van der Waals surface area contributed by atoms with E-state index in [1.807, 2.05) is 0 Å². The number of carbonyl (C=O) groups is 1. The first-order valence-electron chi connectivity index (χ1n) is 8.48. The molecule has 3 aromatic rings. The van der Waals surface area contributed by atoms with Gasteiger partial charge in [-0.05, 0) is 31.0 Å². The van der Waals surface area contributed by atoms with E-state index in [-0.39, 0.29) is 17.5 Å². The molecule has 27 heavy (non-hydrogen) atoms. The third-order valence-electron chi connectivity index (χ3n) is 4.49. The van der Waals surface area contributed by atoms with Crippen molar-refractivity contribution in [3.8, 4) is 11.5 Å². The van der Waals surface area contributed by atoms with Gasteiger partial charge >= 0.3 is 0 Å². The SMILES string of the molecule is Cc1nc(-c2cn([C@@H]3CCCN(C(=O)c4ccc(F)c(F)c4)C3)nn2)no1. The standard InChI is InChI=1S/C17H16F2N6O2/c1-10-20-16(22-27-10)15-9-25(23-21-15)12-3-2-6-24(8-12)17(26)11-4-5-13(18)14(19)7-11/h4-5,7,9,12H,2-3,6,8H2,1H3/t12-/m1/s1. The highest BCUT2D eigenvalue weighted by molar-refractivity contribution is 5.94. The van der Waals surface area contributed by atoms with Crippen molar-refractivity contribution >= 4 is 5.91 Å². The zero-order valence-corrected chi connectivity index (χ0v) is 14.5. The molecule has 1 aliphatic heterocycles. The fraction of sp³-hybridized carbons (Fsp3) is 0.353. The number of aryl methyl sites for hydroxylation is 1. The second-order valence-electron chi connectivity index (χ2n) is 6.40. The van der Waals surface area contributed by atoms with Gasteiger partial charge in [-0.25, -0.2) is 13.5 Å². The molecule has 0 N–H and O–H groups in total. The number of amides is 1. The minimum absolute atomic E-state index is 0.0813. The van der Waals surface area contributed by atoms with Gasteiger partial charge in [-0.3, -0.25) is 4.79 Å². The van der Waals surface area contributed by atoms with Crippen molar-refractivity contribution in [3.05, 3.63) is 47.5 Å². The lowest BCUT2D eigenvalue weighted by Crippen LogP contribution is -2.40. The number of benzene rings is 1. The van der Waals surface area contributed by atoms with Crippen molar-refractivity contribution in [2.45, 2.75) is 25.8 Å². The zero-order valence-electron chi connectivity index (χ0n) is 14.5. The Kier molecular flexibility index (Phi) is 4.38. The van der Waals surface area contributed by atoms with Gasteiger partial charge in [-0.15, -0.1) is 5.10 Å². The maximum Gasteiger partial charge on any atom is 0.254 e. The summed E-state index contributed by atoms with van der Waals surface area (Å²) in [6, 6.07) is 3.09. The Morgan fingerprint density at radius 3 is 2.89 bits per heavy atom. The zero-order chi connectivity index (χ0) is 19.0. The molecule has 0 radical (unpaired) electrons. The molecule has 1 aliphatic rings. The maximum absolute atomic E-state index is 13.4. The summed E-state index contributed by atoms with van der Waals surface area (Å²) in [7, 11) is 0. The molecular weight excluding hydrogens is 358 g/mol. The van der Waals surface area contributed by atoms with E-state index in [1.54, 1.807) is 22.7 Å². The molecule has 1 fully saturated rings. The van der Waals surface area contributed by atoms with Crippen LogP contribution < -0.4 is 0 Å². The van der Waals surface area contributed by atoms with Gasteiger partial charge in [-0.1, -0.05) is 10.4 Å². The predicted molar refractivity (Wildman–Crippen MR) is 88.6 cm³/mol. The monoisotopic (exact) mass is 374 g/mol. The van der Waals surface area contributed by atoms with Crippen molar-refractivity contribution in [1.82, 2.24) is 30.0 Å². The van der Waals surface area contributed by atoms with Gasteiger partial charge in [0.15, 0.2) is 17.3 Å². The van der Waals surface area contributed by atoms with Crippen LogP contribution in [0, 0.1) is 18.6 Å². The average molecular weight is 374 g/mol. The molecule has 1 atom stereocenters. The Bertz CT molecular complexity index is 985. The molecule has 0 unspecified atom stereocenters. The normalized spacial score (nSPS) is 17.3. The van der Waals surface area contributed by atoms with E-state index in [9.17, 15) is 13.6 Å². The highest BCUT2D eigenvalue weighted by Gasteiger charge is 2.27. The Labute approximate surface area is 152 Å². The van der Waals surface area contributed by atoms with Gasteiger partial charge in [-0.2, -0.15) is 4.98 Å². The van der Waals surface area contributed by atoms with Crippen LogP contribution in [0.15, 0.2) is 28.9 Å². The predicted octanol–water partition coefficient (Wildman–Crippen LogP) is 2.39. The molecule has 8 nitrogen and oxygen atoms in total. The van der Waals surface area contributed by atoms with Crippen LogP contribution >= 0.6 is 0 Å². The maximum atomic E-state index is 13.4. The first-order chi connectivity index (χ1) is 13.0. The van der Waals surface area contributed by atoms with Gasteiger partial charge in [0.25, 0.3) is 5.91 Å². The number of nitrogens with zero attached hydrogens (tertiary/aromatic N) is 6. The van der Waals surface area contributed by atoms with Gasteiger partial charge in [0.1, 0.15) is 0 Å². The number of likely N-dealkylation sites (tertiary alicyclic amines) is 1. The smallest absolute Gasteiger partial charge is 0.254 e. The van der Waals surface area contributed by atoms with Gasteiger partial charge in [0, 0.05) is 25.6 Å². The summed E-state index contributed by atoms with van der Waals surface area (Å²) in [5.74, 6) is -1.57. The number of halogens is 2. The Morgan fingerprint density at radius 2 is 2.15 bits per heavy atom. The summed E-state index contributed by atoms with van der Waals surface area (Å²) in [5.41, 5.74) is 0.604. The summed E-state index contributed by atoms with van der Waals surface area (Å²) < 4.78 is 33.1. The largest absolute Gasteiger partial charge is 0.339 e. The highest BCUT2D eigenvalue weighted by Crippen LogP contribution is 2.24. The van der Waals surface area contributed by atoms with Crippen LogP contribution in [0.25, 0.3) is 11.5 Å². The summed E-state index contributed by atoms with van der Waals surface area (Å²) >= 11 is 0. The van der Waals surface area contributed by atoms with Crippen molar-refractivity contribution in [2.24, 2.45) is 0 Å². The topological polar surface area (TPSA) is 89.9 Å². The fourth-order valence-corrected chi connectivity index (χ4v) is 3.13. The van der Waals surface area contributed by atoms with E-state index in [4.69, 9.17) is 4.52 Å². The van der Waals surface area contributed by atoms with Crippen LogP contribution in [0.3, 0.4) is 0 Å². The quantitative estimate of drug-likeness (QED) is 0.699. The van der Waals surface area contributed by atoms with E-state index >= 15 is 0 Å². The molecule has 140 valence electrons. The lowest BCUT2D eigenvalue weighted by molar-refractivity contribution is 0.0671. The average Bonchev–Trinajstić information content (AvgIpc) is 3.32. The second kappa shape index (κ2) is 6.86. The number of hydrogen-bond donors (Lipinski definition) is 0. The molecule has 1 aromatic carbocycles. The molecule has 1 amide bonds. The third-order valence-corrected chi connectivity index (χ3v) is 4.49. The molecule has 0 aliphatic carbocycles. The summed E-state index contributed by atoms with van der Waals surface area (Å²) in [6.07, 6.45) is 3.28. The molecule has 0 saturated carbocycles. The first kappa shape index (κ1) is 17.3. The summed E-state index contributed by atoms with van der Waals surface area (Å²) in [5, 5.41) is 12.0. The summed E-state index contributed by atoms with van der Waals surface area (Å²) in [4.78, 5) is 18.4. The van der Waals surface area contributed by atoms with E-state index in [0.717, 1.165) is 25.0 Å². The lowest BCUT2D eigenvalue weighted by Gasteiger charge is -2.32. The lowest BCUT2D eigenvalue weighted by atomic mass is 10.0. The first-order valence-corrected chi connectivity index (χ1v) is 8.48. The molecular formula is C17H16F2N6O2. The van der Waals surface area contributed by atoms with Gasteiger partial charge in [0.05, 0.1) is 12.2 Å². The van der Waals surface area contributed by atoms with Crippen LogP contribution in [0.5, 0.6) is 0 Å². The molecule has 0 bridgehead atoms. The molecule has 3 heterocycles. The van der Waals surface area contributed by atoms with Crippen LogP contribution in [-0.2, 0) is 0 Å². The number of aromatic nitrogens is 5. The van der Waals surface area contributed by atoms with Crippen molar-refractivity contribution in [3.63, 3.8) is 0 Å². The van der Waals surface area contributed by atoms with Crippen molar-refractivity contribution in [1.29, 1.82) is 0 Å². The fourth-order valence-electron chi connectivity index (χ4n) is 3.13. The highest BCUT2D eigenvalue weighted by atomic mass is 19.2. The van der Waals surface area contributed by atoms with Gasteiger partial charge < -0.3 is 9.42 Å². The van der Waals surface area contributed by atoms with E-state index in [2.05, 4.69) is 20.5 Å². The number of rotatable bonds is 3. The number of carbonyl (C=O) groups excluding carboxylic acids is 1. The Balaban J connectivity index is 1.50. The molecule has 10 heteroatoms. The molecule has 1 saturated heterocycles. The van der Waals surface area contributed by atoms with E-state index in [0.29, 0.717) is 30.5 Å². The number of piperidine rings is 1.